The van der Waals surface area contributed by atoms with Gasteiger partial charge in [-0.15, -0.1) is 0 Å². The van der Waals surface area contributed by atoms with Gasteiger partial charge in [0.15, 0.2) is 11.6 Å². The van der Waals surface area contributed by atoms with Gasteiger partial charge in [0.05, 0.1) is 12.0 Å². The molecule has 24 heavy (non-hydrogen) atoms. The molecule has 4 rings (SSSR count). The van der Waals surface area contributed by atoms with Crippen LogP contribution in [0.2, 0.25) is 0 Å². The van der Waals surface area contributed by atoms with Gasteiger partial charge in [-0.25, -0.2) is 13.8 Å². The lowest BCUT2D eigenvalue weighted by Gasteiger charge is -2.34. The van der Waals surface area contributed by atoms with Crippen molar-refractivity contribution in [3.05, 3.63) is 53.6 Å². The molecule has 1 saturated heterocycles. The molecule has 4 nitrogen and oxygen atoms in total. The maximum Gasteiger partial charge on any atom is 0.159 e. The van der Waals surface area contributed by atoms with Crippen molar-refractivity contribution >= 4 is 0 Å². The lowest BCUT2D eigenvalue weighted by molar-refractivity contribution is 0.120. The minimum absolute atomic E-state index is 0.664. The first-order valence-electron chi connectivity index (χ1n) is 8.58. The summed E-state index contributed by atoms with van der Waals surface area (Å²) in [6, 6.07) is 4.84. The number of nitrogens with zero attached hydrogens (tertiary/aromatic N) is 4. The van der Waals surface area contributed by atoms with Crippen LogP contribution in [0.1, 0.15) is 30.1 Å². The number of aromatic nitrogens is 2. The number of hydrogen-bond donors (Lipinski definition) is 0. The highest BCUT2D eigenvalue weighted by atomic mass is 19.2. The average molecular weight is 332 g/mol. The van der Waals surface area contributed by atoms with E-state index in [0.717, 1.165) is 38.3 Å². The quantitative estimate of drug-likeness (QED) is 0.841. The lowest BCUT2D eigenvalue weighted by atomic mass is 10.2. The van der Waals surface area contributed by atoms with Crippen molar-refractivity contribution < 1.29 is 8.78 Å². The van der Waals surface area contributed by atoms with Crippen LogP contribution in [0.5, 0.6) is 0 Å². The Hall–Kier alpha value is -1.79. The van der Waals surface area contributed by atoms with Crippen LogP contribution in [0.15, 0.2) is 30.7 Å². The fourth-order valence-electron chi connectivity index (χ4n) is 3.37. The van der Waals surface area contributed by atoms with Crippen molar-refractivity contribution in [1.82, 2.24) is 19.4 Å². The first-order valence-corrected chi connectivity index (χ1v) is 8.58. The predicted molar refractivity (Wildman–Crippen MR) is 87.4 cm³/mol. The van der Waals surface area contributed by atoms with Crippen LogP contribution >= 0.6 is 0 Å². The van der Waals surface area contributed by atoms with Crippen molar-refractivity contribution in [3.63, 3.8) is 0 Å². The molecular formula is C18H22F2N4. The smallest absolute Gasteiger partial charge is 0.159 e. The summed E-state index contributed by atoms with van der Waals surface area (Å²) < 4.78 is 28.6. The monoisotopic (exact) mass is 332 g/mol. The molecule has 0 N–H and O–H groups in total. The Morgan fingerprint density at radius 1 is 0.958 bits per heavy atom. The van der Waals surface area contributed by atoms with Crippen LogP contribution in [-0.4, -0.2) is 45.5 Å². The standard InChI is InChI=1S/C18H22F2N4/c19-17-4-1-14(9-18(17)20)11-22-5-7-23(8-6-22)12-16-10-21-13-24(16)15-2-3-15/h1,4,9-10,13,15H,2-3,5-8,11-12H2. The van der Waals surface area contributed by atoms with E-state index in [9.17, 15) is 8.78 Å². The zero-order chi connectivity index (χ0) is 16.5. The summed E-state index contributed by atoms with van der Waals surface area (Å²) in [6.45, 7) is 5.47. The highest BCUT2D eigenvalue weighted by molar-refractivity contribution is 5.17. The van der Waals surface area contributed by atoms with Crippen molar-refractivity contribution in [2.45, 2.75) is 32.0 Å². The second-order valence-corrected chi connectivity index (χ2v) is 6.82. The van der Waals surface area contributed by atoms with E-state index in [4.69, 9.17) is 0 Å². The molecule has 0 atom stereocenters. The van der Waals surface area contributed by atoms with Crippen molar-refractivity contribution in [3.8, 4) is 0 Å². The fourth-order valence-corrected chi connectivity index (χ4v) is 3.37. The SMILES string of the molecule is Fc1ccc(CN2CCN(Cc3cncn3C3CC3)CC2)cc1F. The molecule has 0 radical (unpaired) electrons. The van der Waals surface area contributed by atoms with Crippen LogP contribution in [0, 0.1) is 11.6 Å². The summed E-state index contributed by atoms with van der Waals surface area (Å²) >= 11 is 0. The van der Waals surface area contributed by atoms with Crippen molar-refractivity contribution in [2.75, 3.05) is 26.2 Å². The molecule has 1 aromatic heterocycles. The Labute approximate surface area is 140 Å². The van der Waals surface area contributed by atoms with Crippen molar-refractivity contribution in [2.24, 2.45) is 0 Å². The molecule has 0 unspecified atom stereocenters. The molecule has 2 aromatic rings. The van der Waals surface area contributed by atoms with Gasteiger partial charge in [0.25, 0.3) is 0 Å². The number of rotatable bonds is 5. The lowest BCUT2D eigenvalue weighted by Crippen LogP contribution is -2.45. The van der Waals surface area contributed by atoms with E-state index in [1.54, 1.807) is 6.07 Å². The van der Waals surface area contributed by atoms with Gasteiger partial charge >= 0.3 is 0 Å². The van der Waals surface area contributed by atoms with Crippen molar-refractivity contribution in [1.29, 1.82) is 0 Å². The molecule has 2 fully saturated rings. The summed E-state index contributed by atoms with van der Waals surface area (Å²) in [6.07, 6.45) is 6.47. The summed E-state index contributed by atoms with van der Waals surface area (Å²) in [7, 11) is 0. The number of imidazole rings is 1. The summed E-state index contributed by atoms with van der Waals surface area (Å²) in [5.74, 6) is -1.55. The van der Waals surface area contributed by atoms with Crippen LogP contribution < -0.4 is 0 Å². The summed E-state index contributed by atoms with van der Waals surface area (Å²) in [4.78, 5) is 9.03. The van der Waals surface area contributed by atoms with Gasteiger partial charge in [-0.2, -0.15) is 0 Å². The van der Waals surface area contributed by atoms with Gasteiger partial charge in [-0.1, -0.05) is 6.07 Å². The van der Waals surface area contributed by atoms with E-state index in [1.807, 2.05) is 12.5 Å². The number of halogens is 2. The van der Waals surface area contributed by atoms with Gasteiger partial charge in [0.1, 0.15) is 0 Å². The van der Waals surface area contributed by atoms with Gasteiger partial charge in [0, 0.05) is 51.5 Å². The molecule has 1 aliphatic heterocycles. The minimum Gasteiger partial charge on any atom is -0.330 e. The Bertz CT molecular complexity index is 703. The number of benzene rings is 1. The fraction of sp³-hybridized carbons (Fsp3) is 0.500. The zero-order valence-corrected chi connectivity index (χ0v) is 13.7. The maximum absolute atomic E-state index is 13.3. The van der Waals surface area contributed by atoms with E-state index in [-0.39, 0.29) is 0 Å². The van der Waals surface area contributed by atoms with Gasteiger partial charge in [-0.3, -0.25) is 9.80 Å². The first-order chi connectivity index (χ1) is 11.7. The summed E-state index contributed by atoms with van der Waals surface area (Å²) in [5, 5.41) is 0. The molecule has 0 spiro atoms. The third kappa shape index (κ3) is 3.49. The van der Waals surface area contributed by atoms with E-state index < -0.39 is 11.6 Å². The molecule has 1 aliphatic carbocycles. The van der Waals surface area contributed by atoms with Crippen LogP contribution in [-0.2, 0) is 13.1 Å². The van der Waals surface area contributed by atoms with Gasteiger partial charge in [-0.05, 0) is 30.5 Å². The molecule has 2 aliphatic rings. The number of hydrogen-bond acceptors (Lipinski definition) is 3. The van der Waals surface area contributed by atoms with Crippen LogP contribution in [0.25, 0.3) is 0 Å². The van der Waals surface area contributed by atoms with Crippen LogP contribution in [0.3, 0.4) is 0 Å². The second-order valence-electron chi connectivity index (χ2n) is 6.82. The number of piperazine rings is 1. The average Bonchev–Trinajstić information content (AvgIpc) is 3.32. The van der Waals surface area contributed by atoms with Gasteiger partial charge in [0.2, 0.25) is 0 Å². The molecule has 128 valence electrons. The molecule has 1 aromatic carbocycles. The van der Waals surface area contributed by atoms with E-state index >= 15 is 0 Å². The third-order valence-corrected chi connectivity index (χ3v) is 4.93. The van der Waals surface area contributed by atoms with E-state index in [0.29, 0.717) is 12.6 Å². The molecular weight excluding hydrogens is 310 g/mol. The van der Waals surface area contributed by atoms with E-state index in [1.165, 1.54) is 30.7 Å². The topological polar surface area (TPSA) is 24.3 Å². The largest absolute Gasteiger partial charge is 0.330 e. The molecule has 2 heterocycles. The Kier molecular flexibility index (Phi) is 4.33. The minimum atomic E-state index is -0.782. The normalized spacial score (nSPS) is 19.8. The van der Waals surface area contributed by atoms with Crippen LogP contribution in [0.4, 0.5) is 8.78 Å². The predicted octanol–water partition coefficient (Wildman–Crippen LogP) is 2.81. The molecule has 6 heteroatoms. The maximum atomic E-state index is 13.3. The Morgan fingerprint density at radius 2 is 1.67 bits per heavy atom. The summed E-state index contributed by atoms with van der Waals surface area (Å²) in [5.41, 5.74) is 2.13. The first kappa shape index (κ1) is 15.7. The molecule has 1 saturated carbocycles. The molecule has 0 amide bonds. The highest BCUT2D eigenvalue weighted by Crippen LogP contribution is 2.35. The van der Waals surface area contributed by atoms with E-state index in [2.05, 4.69) is 19.4 Å². The zero-order valence-electron chi connectivity index (χ0n) is 13.7. The Balaban J connectivity index is 1.30. The highest BCUT2D eigenvalue weighted by Gasteiger charge is 2.26. The molecule has 0 bridgehead atoms. The third-order valence-electron chi connectivity index (χ3n) is 4.93. The Morgan fingerprint density at radius 3 is 2.33 bits per heavy atom. The van der Waals surface area contributed by atoms with Gasteiger partial charge < -0.3 is 4.57 Å². The second kappa shape index (κ2) is 6.61.